The largest absolute Gasteiger partial charge is 0.369 e. The van der Waals surface area contributed by atoms with Gasteiger partial charge in [0.05, 0.1) is 18.0 Å². The number of aromatic nitrogens is 6. The van der Waals surface area contributed by atoms with Gasteiger partial charge >= 0.3 is 0 Å². The Morgan fingerprint density at radius 3 is 2.93 bits per heavy atom. The molecule has 9 nitrogen and oxygen atoms in total. The molecule has 30 heavy (non-hydrogen) atoms. The number of nitrogens with zero attached hydrogens (tertiary/aromatic N) is 5. The van der Waals surface area contributed by atoms with Crippen molar-refractivity contribution in [1.82, 2.24) is 34.6 Å². The van der Waals surface area contributed by atoms with Gasteiger partial charge in [-0.25, -0.2) is 9.97 Å². The molecular weight excluding hydrogens is 382 g/mol. The molecule has 2 N–H and O–H groups in total. The maximum absolute atomic E-state index is 13.5. The second-order valence-electron chi connectivity index (χ2n) is 7.59. The van der Waals surface area contributed by atoms with Crippen LogP contribution in [0.3, 0.4) is 0 Å². The maximum atomic E-state index is 13.5. The molecule has 0 spiro atoms. The van der Waals surface area contributed by atoms with Crippen LogP contribution in [-0.4, -0.2) is 48.5 Å². The minimum atomic E-state index is -0.435. The van der Waals surface area contributed by atoms with Gasteiger partial charge in [-0.15, -0.1) is 0 Å². The summed E-state index contributed by atoms with van der Waals surface area (Å²) in [7, 11) is 1.83. The number of hydrogen-bond acceptors (Lipinski definition) is 6. The lowest BCUT2D eigenvalue weighted by atomic mass is 10.1. The minimum absolute atomic E-state index is 0.0272. The van der Waals surface area contributed by atoms with Crippen molar-refractivity contribution < 1.29 is 4.74 Å². The number of hydrogen-bond donors (Lipinski definition) is 2. The Kier molecular flexibility index (Phi) is 4.48. The zero-order chi connectivity index (χ0) is 20.8. The van der Waals surface area contributed by atoms with Crippen LogP contribution in [0, 0.1) is 6.92 Å². The fourth-order valence-electron chi connectivity index (χ4n) is 4.04. The van der Waals surface area contributed by atoms with Crippen molar-refractivity contribution in [3.8, 4) is 17.1 Å². The van der Waals surface area contributed by atoms with Crippen LogP contribution >= 0.6 is 0 Å². The molecule has 0 aromatic carbocycles. The molecule has 1 aliphatic rings. The van der Waals surface area contributed by atoms with Crippen LogP contribution in [0.25, 0.3) is 28.1 Å². The van der Waals surface area contributed by atoms with Crippen LogP contribution in [0.15, 0.2) is 41.6 Å². The van der Waals surface area contributed by atoms with Gasteiger partial charge in [-0.3, -0.25) is 14.0 Å². The number of ether oxygens (including phenoxy) is 1. The number of aromatic amines is 1. The molecule has 4 aromatic heterocycles. The summed E-state index contributed by atoms with van der Waals surface area (Å²) < 4.78 is 9.28. The quantitative estimate of drug-likeness (QED) is 0.539. The molecule has 5 rings (SSSR count). The SMILES string of the molecule is Cc1cc(-n2cc(-c3ccnc4[nH]ccc34)nc([C@@H]3OCCNC3C)c2=O)n(C)n1. The van der Waals surface area contributed by atoms with Gasteiger partial charge < -0.3 is 15.0 Å². The summed E-state index contributed by atoms with van der Waals surface area (Å²) in [4.78, 5) is 25.8. The summed E-state index contributed by atoms with van der Waals surface area (Å²) in [5.74, 6) is 0.679. The van der Waals surface area contributed by atoms with Crippen molar-refractivity contribution in [3.63, 3.8) is 0 Å². The Bertz CT molecular complexity index is 1290. The number of rotatable bonds is 3. The van der Waals surface area contributed by atoms with E-state index >= 15 is 0 Å². The normalized spacial score (nSPS) is 19.4. The van der Waals surface area contributed by atoms with Gasteiger partial charge in [0.2, 0.25) is 0 Å². The summed E-state index contributed by atoms with van der Waals surface area (Å²) >= 11 is 0. The van der Waals surface area contributed by atoms with E-state index in [1.165, 1.54) is 0 Å². The molecule has 1 fully saturated rings. The third-order valence-corrected chi connectivity index (χ3v) is 5.48. The van der Waals surface area contributed by atoms with Gasteiger partial charge in [0, 0.05) is 55.2 Å². The molecule has 4 aromatic rings. The van der Waals surface area contributed by atoms with Gasteiger partial charge in [0.15, 0.2) is 0 Å². The smallest absolute Gasteiger partial charge is 0.280 e. The first-order chi connectivity index (χ1) is 14.5. The van der Waals surface area contributed by atoms with Crippen LogP contribution in [0.5, 0.6) is 0 Å². The first-order valence-electron chi connectivity index (χ1n) is 9.95. The van der Waals surface area contributed by atoms with E-state index in [1.54, 1.807) is 21.6 Å². The molecule has 0 radical (unpaired) electrons. The summed E-state index contributed by atoms with van der Waals surface area (Å²) in [5.41, 5.74) is 3.35. The van der Waals surface area contributed by atoms with Gasteiger partial charge in [0.1, 0.15) is 23.3 Å². The molecule has 1 aliphatic heterocycles. The fraction of sp³-hybridized carbons (Fsp3) is 0.333. The Hall–Kier alpha value is -3.30. The van der Waals surface area contributed by atoms with Crippen LogP contribution < -0.4 is 10.9 Å². The summed E-state index contributed by atoms with van der Waals surface area (Å²) in [6.07, 6.45) is 4.92. The Balaban J connectivity index is 1.78. The van der Waals surface area contributed by atoms with Gasteiger partial charge in [-0.2, -0.15) is 5.10 Å². The van der Waals surface area contributed by atoms with Crippen LogP contribution in [0.4, 0.5) is 0 Å². The highest BCUT2D eigenvalue weighted by molar-refractivity contribution is 5.91. The lowest BCUT2D eigenvalue weighted by Crippen LogP contribution is -2.44. The topological polar surface area (TPSA) is 103 Å². The van der Waals surface area contributed by atoms with Crippen molar-refractivity contribution in [2.75, 3.05) is 13.2 Å². The van der Waals surface area contributed by atoms with Gasteiger partial charge in [-0.1, -0.05) is 0 Å². The second-order valence-corrected chi connectivity index (χ2v) is 7.59. The zero-order valence-electron chi connectivity index (χ0n) is 17.1. The lowest BCUT2D eigenvalue weighted by Gasteiger charge is -2.29. The average molecular weight is 405 g/mol. The van der Waals surface area contributed by atoms with Crippen molar-refractivity contribution in [2.24, 2.45) is 7.05 Å². The number of pyridine rings is 1. The van der Waals surface area contributed by atoms with E-state index in [1.807, 2.05) is 45.3 Å². The van der Waals surface area contributed by atoms with E-state index in [0.717, 1.165) is 28.8 Å². The van der Waals surface area contributed by atoms with E-state index in [4.69, 9.17) is 9.72 Å². The van der Waals surface area contributed by atoms with Crippen LogP contribution in [0.1, 0.15) is 24.4 Å². The lowest BCUT2D eigenvalue weighted by molar-refractivity contribution is -0.00382. The monoisotopic (exact) mass is 405 g/mol. The van der Waals surface area contributed by atoms with E-state index in [9.17, 15) is 4.79 Å². The van der Waals surface area contributed by atoms with E-state index < -0.39 is 6.10 Å². The Morgan fingerprint density at radius 2 is 2.17 bits per heavy atom. The molecule has 9 heteroatoms. The zero-order valence-corrected chi connectivity index (χ0v) is 17.1. The van der Waals surface area contributed by atoms with Gasteiger partial charge in [-0.05, 0) is 26.0 Å². The molecule has 0 saturated carbocycles. The van der Waals surface area contributed by atoms with E-state index in [0.29, 0.717) is 23.8 Å². The summed E-state index contributed by atoms with van der Waals surface area (Å²) in [5, 5.41) is 8.72. The third kappa shape index (κ3) is 3.03. The van der Waals surface area contributed by atoms with E-state index in [-0.39, 0.29) is 11.6 Å². The van der Waals surface area contributed by atoms with Crippen molar-refractivity contribution in [1.29, 1.82) is 0 Å². The minimum Gasteiger partial charge on any atom is -0.369 e. The standard InChI is InChI=1S/C21H23N7O2/c1-12-10-17(27(3)26-12)28-11-16(14-4-6-23-20-15(14)5-7-24-20)25-18(21(28)29)19-13(2)22-8-9-30-19/h4-7,10-11,13,19,22H,8-9H2,1-3H3,(H,23,24)/t13?,19-/m1/s1. The molecular formula is C21H23N7O2. The molecule has 5 heterocycles. The number of aryl methyl sites for hydroxylation is 2. The maximum Gasteiger partial charge on any atom is 0.280 e. The van der Waals surface area contributed by atoms with Crippen LogP contribution in [-0.2, 0) is 11.8 Å². The molecule has 2 atom stereocenters. The number of morpholine rings is 1. The highest BCUT2D eigenvalue weighted by Crippen LogP contribution is 2.28. The summed E-state index contributed by atoms with van der Waals surface area (Å²) in [6, 6.07) is 5.73. The highest BCUT2D eigenvalue weighted by atomic mass is 16.5. The molecule has 0 amide bonds. The first-order valence-corrected chi connectivity index (χ1v) is 9.95. The summed E-state index contributed by atoms with van der Waals surface area (Å²) in [6.45, 7) is 5.19. The van der Waals surface area contributed by atoms with E-state index in [2.05, 4.69) is 20.4 Å². The molecule has 1 saturated heterocycles. The number of fused-ring (bicyclic) bond motifs is 1. The molecule has 1 unspecified atom stereocenters. The third-order valence-electron chi connectivity index (χ3n) is 5.48. The second kappa shape index (κ2) is 7.19. The van der Waals surface area contributed by atoms with Gasteiger partial charge in [0.25, 0.3) is 5.56 Å². The van der Waals surface area contributed by atoms with Crippen molar-refractivity contribution in [2.45, 2.75) is 26.0 Å². The number of nitrogens with one attached hydrogen (secondary N) is 2. The average Bonchev–Trinajstić information content (AvgIpc) is 3.34. The first kappa shape index (κ1) is 18.7. The van der Waals surface area contributed by atoms with Crippen molar-refractivity contribution in [3.05, 3.63) is 58.5 Å². The Morgan fingerprint density at radius 1 is 1.30 bits per heavy atom. The number of H-pyrrole nitrogens is 1. The molecule has 0 aliphatic carbocycles. The molecule has 154 valence electrons. The van der Waals surface area contributed by atoms with Crippen LogP contribution in [0.2, 0.25) is 0 Å². The molecule has 0 bridgehead atoms. The van der Waals surface area contributed by atoms with Crippen molar-refractivity contribution >= 4 is 11.0 Å². The highest BCUT2D eigenvalue weighted by Gasteiger charge is 2.29. The Labute approximate surface area is 172 Å². The predicted molar refractivity (Wildman–Crippen MR) is 113 cm³/mol. The fourth-order valence-corrected chi connectivity index (χ4v) is 4.04. The predicted octanol–water partition coefficient (Wildman–Crippen LogP) is 1.87.